The Labute approximate surface area is 90.9 Å². The van der Waals surface area contributed by atoms with Gasteiger partial charge in [-0.1, -0.05) is 6.92 Å². The molecule has 1 aromatic rings. The van der Waals surface area contributed by atoms with E-state index >= 15 is 0 Å². The number of nitriles is 1. The molecule has 1 aliphatic rings. The normalized spacial score (nSPS) is 24.8. The molecule has 0 bridgehead atoms. The van der Waals surface area contributed by atoms with Crippen LogP contribution in [0.25, 0.3) is 0 Å². The zero-order valence-corrected chi connectivity index (χ0v) is 9.03. The Balaban J connectivity index is 1.96. The van der Waals surface area contributed by atoms with Gasteiger partial charge in [0.05, 0.1) is 11.6 Å². The van der Waals surface area contributed by atoms with Crippen LogP contribution >= 0.6 is 0 Å². The van der Waals surface area contributed by atoms with Crippen LogP contribution in [-0.4, -0.2) is 6.04 Å². The standard InChI is InChI=1S/C13H16N2/c1-10-2-5-13(8-10)15-12-6-3-11(9-14)4-7-12/h3-4,6-7,10,13,15H,2,5,8H2,1H3/t10-,13+/m1/s1. The van der Waals surface area contributed by atoms with Gasteiger partial charge in [0, 0.05) is 11.7 Å². The zero-order chi connectivity index (χ0) is 10.7. The summed E-state index contributed by atoms with van der Waals surface area (Å²) in [5.41, 5.74) is 1.86. The van der Waals surface area contributed by atoms with Gasteiger partial charge in [0.25, 0.3) is 0 Å². The van der Waals surface area contributed by atoms with Crippen molar-refractivity contribution in [3.8, 4) is 6.07 Å². The minimum Gasteiger partial charge on any atom is -0.382 e. The van der Waals surface area contributed by atoms with Crippen LogP contribution in [0.5, 0.6) is 0 Å². The lowest BCUT2D eigenvalue weighted by Gasteiger charge is -2.13. The Morgan fingerprint density at radius 3 is 2.53 bits per heavy atom. The van der Waals surface area contributed by atoms with Crippen molar-refractivity contribution in [2.75, 3.05) is 5.32 Å². The third-order valence-electron chi connectivity index (χ3n) is 3.08. The Morgan fingerprint density at radius 1 is 1.27 bits per heavy atom. The van der Waals surface area contributed by atoms with E-state index in [0.29, 0.717) is 6.04 Å². The summed E-state index contributed by atoms with van der Waals surface area (Å²) in [6.45, 7) is 2.31. The second-order valence-electron chi connectivity index (χ2n) is 4.45. The van der Waals surface area contributed by atoms with E-state index in [-0.39, 0.29) is 0 Å². The summed E-state index contributed by atoms with van der Waals surface area (Å²) in [6, 6.07) is 10.4. The van der Waals surface area contributed by atoms with E-state index < -0.39 is 0 Å². The Bertz CT molecular complexity index is 361. The van der Waals surface area contributed by atoms with E-state index in [1.54, 1.807) is 0 Å². The maximum atomic E-state index is 8.68. The van der Waals surface area contributed by atoms with Crippen molar-refractivity contribution in [3.63, 3.8) is 0 Å². The molecule has 2 heteroatoms. The first-order valence-electron chi connectivity index (χ1n) is 5.54. The van der Waals surface area contributed by atoms with Crippen molar-refractivity contribution in [2.24, 2.45) is 5.92 Å². The highest BCUT2D eigenvalue weighted by Crippen LogP contribution is 2.27. The van der Waals surface area contributed by atoms with E-state index in [2.05, 4.69) is 18.3 Å². The quantitative estimate of drug-likeness (QED) is 0.796. The highest BCUT2D eigenvalue weighted by molar-refractivity contribution is 5.47. The summed E-state index contributed by atoms with van der Waals surface area (Å²) in [5.74, 6) is 0.848. The van der Waals surface area contributed by atoms with Gasteiger partial charge in [-0.05, 0) is 49.4 Å². The number of rotatable bonds is 2. The molecule has 2 rings (SSSR count). The molecule has 2 nitrogen and oxygen atoms in total. The van der Waals surface area contributed by atoms with Crippen molar-refractivity contribution in [1.82, 2.24) is 0 Å². The first-order chi connectivity index (χ1) is 7.28. The van der Waals surface area contributed by atoms with E-state index in [1.807, 2.05) is 24.3 Å². The number of nitrogens with zero attached hydrogens (tertiary/aromatic N) is 1. The van der Waals surface area contributed by atoms with E-state index in [9.17, 15) is 0 Å². The smallest absolute Gasteiger partial charge is 0.0991 e. The molecule has 1 saturated carbocycles. The van der Waals surface area contributed by atoms with Crippen molar-refractivity contribution < 1.29 is 0 Å². The van der Waals surface area contributed by atoms with Gasteiger partial charge in [0.15, 0.2) is 0 Å². The van der Waals surface area contributed by atoms with Gasteiger partial charge in [0.2, 0.25) is 0 Å². The lowest BCUT2D eigenvalue weighted by atomic mass is 10.1. The third-order valence-corrected chi connectivity index (χ3v) is 3.08. The molecule has 0 spiro atoms. The van der Waals surface area contributed by atoms with Gasteiger partial charge >= 0.3 is 0 Å². The monoisotopic (exact) mass is 200 g/mol. The Morgan fingerprint density at radius 2 is 2.00 bits per heavy atom. The summed E-state index contributed by atoms with van der Waals surface area (Å²) in [5, 5.41) is 12.2. The summed E-state index contributed by atoms with van der Waals surface area (Å²) < 4.78 is 0. The van der Waals surface area contributed by atoms with Crippen LogP contribution in [0.1, 0.15) is 31.7 Å². The van der Waals surface area contributed by atoms with Gasteiger partial charge in [-0.15, -0.1) is 0 Å². The first kappa shape index (κ1) is 10.0. The molecule has 0 amide bonds. The molecule has 0 heterocycles. The topological polar surface area (TPSA) is 35.8 Å². The van der Waals surface area contributed by atoms with Gasteiger partial charge in [0.1, 0.15) is 0 Å². The van der Waals surface area contributed by atoms with Crippen LogP contribution in [0.3, 0.4) is 0 Å². The molecule has 1 aromatic carbocycles. The average molecular weight is 200 g/mol. The van der Waals surface area contributed by atoms with Crippen LogP contribution < -0.4 is 5.32 Å². The molecule has 1 fully saturated rings. The predicted molar refractivity (Wildman–Crippen MR) is 61.6 cm³/mol. The fourth-order valence-corrected chi connectivity index (χ4v) is 2.21. The van der Waals surface area contributed by atoms with Crippen LogP contribution in [0.2, 0.25) is 0 Å². The number of nitrogens with one attached hydrogen (secondary N) is 1. The number of hydrogen-bond acceptors (Lipinski definition) is 2. The maximum Gasteiger partial charge on any atom is 0.0991 e. The average Bonchev–Trinajstić information content (AvgIpc) is 2.65. The number of benzene rings is 1. The van der Waals surface area contributed by atoms with Gasteiger partial charge < -0.3 is 5.32 Å². The van der Waals surface area contributed by atoms with Crippen molar-refractivity contribution in [2.45, 2.75) is 32.2 Å². The van der Waals surface area contributed by atoms with Crippen LogP contribution in [0, 0.1) is 17.2 Å². The van der Waals surface area contributed by atoms with E-state index in [1.165, 1.54) is 19.3 Å². The van der Waals surface area contributed by atoms with Gasteiger partial charge in [-0.2, -0.15) is 5.26 Å². The SMILES string of the molecule is C[C@@H]1CC[C@H](Nc2ccc(C#N)cc2)C1. The summed E-state index contributed by atoms with van der Waals surface area (Å²) in [4.78, 5) is 0. The minimum atomic E-state index is 0.618. The van der Waals surface area contributed by atoms with Crippen molar-refractivity contribution in [1.29, 1.82) is 5.26 Å². The van der Waals surface area contributed by atoms with Gasteiger partial charge in [-0.3, -0.25) is 0 Å². The largest absolute Gasteiger partial charge is 0.382 e. The molecule has 15 heavy (non-hydrogen) atoms. The van der Waals surface area contributed by atoms with E-state index in [4.69, 9.17) is 5.26 Å². The highest BCUT2D eigenvalue weighted by Gasteiger charge is 2.20. The second kappa shape index (κ2) is 4.35. The van der Waals surface area contributed by atoms with Crippen molar-refractivity contribution >= 4 is 5.69 Å². The minimum absolute atomic E-state index is 0.618. The molecule has 0 aliphatic heterocycles. The highest BCUT2D eigenvalue weighted by atomic mass is 14.9. The molecular weight excluding hydrogens is 184 g/mol. The molecule has 0 radical (unpaired) electrons. The van der Waals surface area contributed by atoms with Crippen LogP contribution in [-0.2, 0) is 0 Å². The summed E-state index contributed by atoms with van der Waals surface area (Å²) >= 11 is 0. The molecule has 1 N–H and O–H groups in total. The van der Waals surface area contributed by atoms with Crippen LogP contribution in [0.15, 0.2) is 24.3 Å². The maximum absolute atomic E-state index is 8.68. The number of hydrogen-bond donors (Lipinski definition) is 1. The second-order valence-corrected chi connectivity index (χ2v) is 4.45. The first-order valence-corrected chi connectivity index (χ1v) is 5.54. The van der Waals surface area contributed by atoms with Crippen LogP contribution in [0.4, 0.5) is 5.69 Å². The number of anilines is 1. The lowest BCUT2D eigenvalue weighted by Crippen LogP contribution is -2.14. The molecule has 78 valence electrons. The molecular formula is C13H16N2. The lowest BCUT2D eigenvalue weighted by molar-refractivity contribution is 0.602. The zero-order valence-electron chi connectivity index (χ0n) is 9.03. The molecule has 0 aromatic heterocycles. The summed E-state index contributed by atoms with van der Waals surface area (Å²) in [6.07, 6.45) is 3.86. The Hall–Kier alpha value is -1.49. The summed E-state index contributed by atoms with van der Waals surface area (Å²) in [7, 11) is 0. The van der Waals surface area contributed by atoms with E-state index in [0.717, 1.165) is 17.2 Å². The Kier molecular flexibility index (Phi) is 2.91. The van der Waals surface area contributed by atoms with Crippen molar-refractivity contribution in [3.05, 3.63) is 29.8 Å². The molecule has 1 aliphatic carbocycles. The molecule has 2 atom stereocenters. The fourth-order valence-electron chi connectivity index (χ4n) is 2.21. The predicted octanol–water partition coefficient (Wildman–Crippen LogP) is 3.16. The fraction of sp³-hybridized carbons (Fsp3) is 0.462. The molecule has 0 unspecified atom stereocenters. The third kappa shape index (κ3) is 2.50. The molecule has 0 saturated heterocycles. The van der Waals surface area contributed by atoms with Gasteiger partial charge in [-0.25, -0.2) is 0 Å².